The molecule has 1 atom stereocenters. The predicted molar refractivity (Wildman–Crippen MR) is 147 cm³/mol. The number of anilines is 1. The molecule has 5 rings (SSSR count). The van der Waals surface area contributed by atoms with Crippen LogP contribution < -0.4 is 10.2 Å². The number of nitrogens with one attached hydrogen (secondary N) is 1. The Morgan fingerprint density at radius 3 is 2.29 bits per heavy atom. The second kappa shape index (κ2) is 11.2. The van der Waals surface area contributed by atoms with E-state index in [1.165, 1.54) is 16.8 Å². The van der Waals surface area contributed by atoms with Gasteiger partial charge in [0.2, 0.25) is 21.8 Å². The third-order valence-electron chi connectivity index (χ3n) is 8.25. The van der Waals surface area contributed by atoms with Gasteiger partial charge in [-0.1, -0.05) is 30.3 Å². The highest BCUT2D eigenvalue weighted by molar-refractivity contribution is 7.89. The minimum absolute atomic E-state index is 0.0193. The first kappa shape index (κ1) is 26.8. The number of fused-ring (bicyclic) bond motifs is 1. The number of carbonyl (C=O) groups excluding carboxylic acids is 2. The molecule has 1 N–H and O–H groups in total. The van der Waals surface area contributed by atoms with Crippen LogP contribution in [-0.4, -0.2) is 67.7 Å². The summed E-state index contributed by atoms with van der Waals surface area (Å²) in [6, 6.07) is 15.7. The topological polar surface area (TPSA) is 90.0 Å². The van der Waals surface area contributed by atoms with E-state index in [2.05, 4.69) is 34.5 Å². The number of likely N-dealkylation sites (tertiary alicyclic amines) is 1. The fourth-order valence-corrected chi connectivity index (χ4v) is 7.67. The van der Waals surface area contributed by atoms with E-state index < -0.39 is 10.0 Å². The lowest BCUT2D eigenvalue weighted by Crippen LogP contribution is -2.48. The summed E-state index contributed by atoms with van der Waals surface area (Å²) in [6.45, 7) is 7.03. The van der Waals surface area contributed by atoms with Crippen molar-refractivity contribution in [3.8, 4) is 0 Å². The summed E-state index contributed by atoms with van der Waals surface area (Å²) < 4.78 is 28.3. The number of sulfonamides is 1. The Balaban J connectivity index is 1.11. The van der Waals surface area contributed by atoms with E-state index in [1.807, 2.05) is 13.0 Å². The largest absolute Gasteiger partial charge is 0.353 e. The van der Waals surface area contributed by atoms with E-state index in [9.17, 15) is 18.0 Å². The van der Waals surface area contributed by atoms with E-state index in [0.29, 0.717) is 32.4 Å². The Bertz CT molecular complexity index is 1270. The quantitative estimate of drug-likeness (QED) is 0.610. The van der Waals surface area contributed by atoms with Crippen molar-refractivity contribution in [3.05, 3.63) is 59.7 Å². The SMILES string of the molecule is CC(=O)N1c2ccc(S(=O)(=O)N3CCC(C(=O)NC4CCN(Cc5ccccc5)CC4)CC3)cc2C[C@@H]1C. The summed E-state index contributed by atoms with van der Waals surface area (Å²) >= 11 is 0. The molecule has 0 bridgehead atoms. The second-order valence-electron chi connectivity index (χ2n) is 11.0. The fourth-order valence-electron chi connectivity index (χ4n) is 6.15. The van der Waals surface area contributed by atoms with Gasteiger partial charge in [-0.3, -0.25) is 14.5 Å². The zero-order valence-corrected chi connectivity index (χ0v) is 23.1. The highest BCUT2D eigenvalue weighted by Crippen LogP contribution is 2.35. The first-order chi connectivity index (χ1) is 18.2. The zero-order valence-electron chi connectivity index (χ0n) is 22.3. The summed E-state index contributed by atoms with van der Waals surface area (Å²) in [7, 11) is -3.65. The van der Waals surface area contributed by atoms with Crippen LogP contribution in [0.3, 0.4) is 0 Å². The summed E-state index contributed by atoms with van der Waals surface area (Å²) in [6.07, 6.45) is 3.56. The molecule has 8 nitrogen and oxygen atoms in total. The van der Waals surface area contributed by atoms with Gasteiger partial charge in [0.15, 0.2) is 0 Å². The van der Waals surface area contributed by atoms with Crippen molar-refractivity contribution in [2.24, 2.45) is 5.92 Å². The lowest BCUT2D eigenvalue weighted by molar-refractivity contribution is -0.127. The first-order valence-electron chi connectivity index (χ1n) is 13.7. The van der Waals surface area contributed by atoms with E-state index in [1.54, 1.807) is 23.1 Å². The van der Waals surface area contributed by atoms with Gasteiger partial charge >= 0.3 is 0 Å². The van der Waals surface area contributed by atoms with Crippen LogP contribution >= 0.6 is 0 Å². The van der Waals surface area contributed by atoms with Crippen molar-refractivity contribution >= 4 is 27.5 Å². The van der Waals surface area contributed by atoms with E-state index in [0.717, 1.165) is 43.7 Å². The minimum atomic E-state index is -3.65. The van der Waals surface area contributed by atoms with Gasteiger partial charge in [-0.15, -0.1) is 0 Å². The molecule has 38 heavy (non-hydrogen) atoms. The number of hydrogen-bond donors (Lipinski definition) is 1. The minimum Gasteiger partial charge on any atom is -0.353 e. The maximum atomic E-state index is 13.4. The fraction of sp³-hybridized carbons (Fsp3) is 0.517. The van der Waals surface area contributed by atoms with Gasteiger partial charge in [-0.2, -0.15) is 4.31 Å². The monoisotopic (exact) mass is 538 g/mol. The number of piperidine rings is 2. The predicted octanol–water partition coefficient (Wildman–Crippen LogP) is 3.17. The number of rotatable bonds is 6. The molecular formula is C29H38N4O4S. The molecule has 0 aromatic heterocycles. The zero-order chi connectivity index (χ0) is 26.9. The molecule has 0 aliphatic carbocycles. The Morgan fingerprint density at radius 2 is 1.63 bits per heavy atom. The maximum Gasteiger partial charge on any atom is 0.243 e. The van der Waals surface area contributed by atoms with Gasteiger partial charge in [0, 0.05) is 63.3 Å². The Hall–Kier alpha value is -2.75. The summed E-state index contributed by atoms with van der Waals surface area (Å²) in [5.74, 6) is -0.141. The van der Waals surface area contributed by atoms with Gasteiger partial charge < -0.3 is 10.2 Å². The van der Waals surface area contributed by atoms with Gasteiger partial charge in [0.25, 0.3) is 0 Å². The summed E-state index contributed by atoms with van der Waals surface area (Å²) in [4.78, 5) is 29.4. The molecule has 0 radical (unpaired) electrons. The van der Waals surface area contributed by atoms with Crippen LogP contribution in [0.4, 0.5) is 5.69 Å². The Kier molecular flexibility index (Phi) is 7.88. The van der Waals surface area contributed by atoms with Crippen molar-refractivity contribution in [2.45, 2.75) is 69.5 Å². The molecule has 2 aromatic rings. The van der Waals surface area contributed by atoms with Crippen molar-refractivity contribution < 1.29 is 18.0 Å². The number of nitrogens with zero attached hydrogens (tertiary/aromatic N) is 3. The van der Waals surface area contributed by atoms with Crippen LogP contribution in [0.25, 0.3) is 0 Å². The lowest BCUT2D eigenvalue weighted by atomic mass is 9.95. The van der Waals surface area contributed by atoms with Crippen LogP contribution in [0.2, 0.25) is 0 Å². The molecule has 2 saturated heterocycles. The van der Waals surface area contributed by atoms with Gasteiger partial charge in [0.1, 0.15) is 0 Å². The van der Waals surface area contributed by atoms with Gasteiger partial charge in [0.05, 0.1) is 4.90 Å². The van der Waals surface area contributed by atoms with Crippen molar-refractivity contribution in [3.63, 3.8) is 0 Å². The molecule has 9 heteroatoms. The average molecular weight is 539 g/mol. The molecule has 2 fully saturated rings. The summed E-state index contributed by atoms with van der Waals surface area (Å²) in [5.41, 5.74) is 2.99. The van der Waals surface area contributed by atoms with Crippen molar-refractivity contribution in [2.75, 3.05) is 31.1 Å². The number of hydrogen-bond acceptors (Lipinski definition) is 5. The highest BCUT2D eigenvalue weighted by Gasteiger charge is 2.35. The van der Waals surface area contributed by atoms with Gasteiger partial charge in [-0.05, 0) is 68.4 Å². The molecule has 3 heterocycles. The van der Waals surface area contributed by atoms with Crippen LogP contribution in [0, 0.1) is 5.92 Å². The molecular weight excluding hydrogens is 500 g/mol. The van der Waals surface area contributed by atoms with Gasteiger partial charge in [-0.25, -0.2) is 8.42 Å². The second-order valence-corrected chi connectivity index (χ2v) is 12.9. The van der Waals surface area contributed by atoms with Crippen LogP contribution in [0.5, 0.6) is 0 Å². The molecule has 0 spiro atoms. The normalized spacial score (nSPS) is 21.8. The number of amides is 2. The van der Waals surface area contributed by atoms with Crippen molar-refractivity contribution in [1.82, 2.24) is 14.5 Å². The third kappa shape index (κ3) is 5.65. The molecule has 0 unspecified atom stereocenters. The van der Waals surface area contributed by atoms with Crippen molar-refractivity contribution in [1.29, 1.82) is 0 Å². The number of carbonyl (C=O) groups is 2. The van der Waals surface area contributed by atoms with Crippen LogP contribution in [0.15, 0.2) is 53.4 Å². The summed E-state index contributed by atoms with van der Waals surface area (Å²) in [5, 5.41) is 3.24. The maximum absolute atomic E-state index is 13.4. The average Bonchev–Trinajstić information content (AvgIpc) is 3.25. The Morgan fingerprint density at radius 1 is 0.947 bits per heavy atom. The molecule has 3 aliphatic heterocycles. The van der Waals surface area contributed by atoms with Crippen LogP contribution in [-0.2, 0) is 32.6 Å². The van der Waals surface area contributed by atoms with E-state index in [4.69, 9.17) is 0 Å². The lowest BCUT2D eigenvalue weighted by Gasteiger charge is -2.34. The molecule has 3 aliphatic rings. The van der Waals surface area contributed by atoms with E-state index >= 15 is 0 Å². The Labute approximate surface area is 226 Å². The first-order valence-corrected chi connectivity index (χ1v) is 15.2. The van der Waals surface area contributed by atoms with Crippen LogP contribution in [0.1, 0.15) is 50.7 Å². The standard InChI is InChI=1S/C29H38N4O4S/c1-21-18-25-19-27(8-9-28(25)33(21)22(2)34)38(36,37)32-16-10-24(11-17-32)29(35)30-26-12-14-31(15-13-26)20-23-6-4-3-5-7-23/h3-9,19,21,24,26H,10-18,20H2,1-2H3,(H,30,35)/t21-/m0/s1. The molecule has 0 saturated carbocycles. The smallest absolute Gasteiger partial charge is 0.243 e. The highest BCUT2D eigenvalue weighted by atomic mass is 32.2. The van der Waals surface area contributed by atoms with E-state index in [-0.39, 0.29) is 34.7 Å². The third-order valence-corrected chi connectivity index (χ3v) is 10.1. The molecule has 2 aromatic carbocycles. The molecule has 204 valence electrons. The number of benzene rings is 2. The molecule has 2 amide bonds.